The van der Waals surface area contributed by atoms with Crippen LogP contribution in [0.2, 0.25) is 20.1 Å². The summed E-state index contributed by atoms with van der Waals surface area (Å²) in [5, 5.41) is 2.94. The van der Waals surface area contributed by atoms with Crippen LogP contribution < -0.4 is 9.80 Å². The number of aromatic nitrogens is 4. The van der Waals surface area contributed by atoms with E-state index in [9.17, 15) is 0 Å². The highest BCUT2D eigenvalue weighted by atomic mass is 35.5. The number of nitrogens with zero attached hydrogens (tertiary/aromatic N) is 4. The van der Waals surface area contributed by atoms with Gasteiger partial charge in [-0.15, -0.1) is 0 Å². The average Bonchev–Trinajstić information content (AvgIpc) is 3.73. The molecule has 0 aliphatic carbocycles. The number of benzene rings is 4. The molecular weight excluding hydrogens is 634 g/mol. The van der Waals surface area contributed by atoms with Crippen molar-refractivity contribution in [3.05, 3.63) is 165 Å². The molecule has 0 unspecified atom stereocenters. The van der Waals surface area contributed by atoms with Crippen molar-refractivity contribution in [3.8, 4) is 0 Å². The molecule has 6 nitrogen and oxygen atoms in total. The molecule has 224 valence electrons. The number of halogens is 4. The van der Waals surface area contributed by atoms with Crippen LogP contribution in [-0.4, -0.2) is 19.9 Å². The number of hydrogen-bond acceptors (Lipinski definition) is 4. The molecule has 4 aromatic carbocycles. The van der Waals surface area contributed by atoms with Gasteiger partial charge in [-0.1, -0.05) is 88.9 Å². The molecule has 0 saturated heterocycles. The van der Waals surface area contributed by atoms with E-state index in [0.717, 1.165) is 55.5 Å². The molecule has 0 aliphatic heterocycles. The second-order valence-corrected chi connectivity index (χ2v) is 11.8. The Labute approximate surface area is 277 Å². The minimum absolute atomic E-state index is 0.693. The minimum atomic E-state index is 0.693. The molecule has 2 heterocycles. The first-order chi connectivity index (χ1) is 21.4. The number of anilines is 2. The summed E-state index contributed by atoms with van der Waals surface area (Å²) in [5.41, 5.74) is 6.40. The molecule has 6 aromatic rings. The summed E-state index contributed by atoms with van der Waals surface area (Å²) in [7, 11) is 0. The number of imidazole rings is 2. The monoisotopic (exact) mass is 662 g/mol. The Balaban J connectivity index is 0.000000175. The lowest BCUT2D eigenvalue weighted by Crippen LogP contribution is -2.22. The summed E-state index contributed by atoms with van der Waals surface area (Å²) < 4.78 is 0. The Morgan fingerprint density at radius 1 is 0.523 bits per heavy atom. The number of H-pyrrole nitrogens is 2. The van der Waals surface area contributed by atoms with E-state index in [1.54, 1.807) is 12.7 Å². The van der Waals surface area contributed by atoms with Crippen molar-refractivity contribution < 1.29 is 0 Å². The van der Waals surface area contributed by atoms with Crippen LogP contribution >= 0.6 is 46.4 Å². The van der Waals surface area contributed by atoms with Crippen LogP contribution in [0.15, 0.2) is 122 Å². The molecule has 0 atom stereocenters. The topological polar surface area (TPSA) is 63.8 Å². The highest BCUT2D eigenvalue weighted by Crippen LogP contribution is 2.26. The van der Waals surface area contributed by atoms with Crippen molar-refractivity contribution in [2.45, 2.75) is 26.2 Å². The molecule has 0 radical (unpaired) electrons. The van der Waals surface area contributed by atoms with Gasteiger partial charge in [-0.3, -0.25) is 0 Å². The first-order valence-corrected chi connectivity index (χ1v) is 15.4. The maximum absolute atomic E-state index is 6.30. The fraction of sp³-hybridized carbons (Fsp3) is 0.118. The number of nitrogens with one attached hydrogen (secondary N) is 2. The van der Waals surface area contributed by atoms with Crippen molar-refractivity contribution in [3.63, 3.8) is 0 Å². The Hall–Kier alpha value is -3.94. The smallest absolute Gasteiger partial charge is 0.0922 e. The van der Waals surface area contributed by atoms with Gasteiger partial charge >= 0.3 is 0 Å². The van der Waals surface area contributed by atoms with Gasteiger partial charge in [-0.05, 0) is 65.7 Å². The number of hydrogen-bond donors (Lipinski definition) is 2. The van der Waals surface area contributed by atoms with Gasteiger partial charge in [-0.25, -0.2) is 9.97 Å². The van der Waals surface area contributed by atoms with E-state index >= 15 is 0 Å². The van der Waals surface area contributed by atoms with Crippen LogP contribution in [0, 0.1) is 0 Å². The van der Waals surface area contributed by atoms with E-state index in [4.69, 9.17) is 46.4 Å². The van der Waals surface area contributed by atoms with Crippen LogP contribution in [0.5, 0.6) is 0 Å². The third kappa shape index (κ3) is 9.28. The molecule has 10 heteroatoms. The van der Waals surface area contributed by atoms with E-state index in [1.807, 2.05) is 103 Å². The fourth-order valence-corrected chi connectivity index (χ4v) is 5.44. The maximum atomic E-state index is 6.30. The predicted octanol–water partition coefficient (Wildman–Crippen LogP) is 9.85. The van der Waals surface area contributed by atoms with Crippen molar-refractivity contribution in [1.29, 1.82) is 0 Å². The second kappa shape index (κ2) is 15.7. The molecule has 44 heavy (non-hydrogen) atoms. The Kier molecular flexibility index (Phi) is 11.2. The van der Waals surface area contributed by atoms with Crippen molar-refractivity contribution >= 4 is 57.8 Å². The molecule has 2 aromatic heterocycles. The van der Waals surface area contributed by atoms with Gasteiger partial charge in [0.15, 0.2) is 0 Å². The molecule has 0 fully saturated rings. The third-order valence-corrected chi connectivity index (χ3v) is 7.83. The van der Waals surface area contributed by atoms with Gasteiger partial charge in [-0.2, -0.15) is 0 Å². The van der Waals surface area contributed by atoms with Gasteiger partial charge in [0.25, 0.3) is 0 Å². The molecule has 0 spiro atoms. The molecule has 0 bridgehead atoms. The zero-order valence-electron chi connectivity index (χ0n) is 23.7. The summed E-state index contributed by atoms with van der Waals surface area (Å²) in [4.78, 5) is 18.9. The van der Waals surface area contributed by atoms with Crippen molar-refractivity contribution in [2.75, 3.05) is 9.80 Å². The van der Waals surface area contributed by atoms with E-state index in [-0.39, 0.29) is 0 Å². The first-order valence-electron chi connectivity index (χ1n) is 13.9. The summed E-state index contributed by atoms with van der Waals surface area (Å²) in [5.74, 6) is 0. The largest absolute Gasteiger partial charge is 0.361 e. The SMILES string of the molecule is Clc1cccc(CN(Cc2cnc[nH]2)c2cccc(Cl)c2)c1.Clc1cccc(N(Cc2cnc[nH]2)Cc2ccccc2Cl)c1. The lowest BCUT2D eigenvalue weighted by molar-refractivity contribution is 0.785. The van der Waals surface area contributed by atoms with Crippen LogP contribution in [0.1, 0.15) is 22.5 Å². The zero-order chi connectivity index (χ0) is 30.7. The normalized spacial score (nSPS) is 10.6. The van der Waals surface area contributed by atoms with Crippen LogP contribution in [-0.2, 0) is 26.2 Å². The van der Waals surface area contributed by atoms with Gasteiger partial charge in [0.1, 0.15) is 0 Å². The van der Waals surface area contributed by atoms with Crippen molar-refractivity contribution in [1.82, 2.24) is 19.9 Å². The van der Waals surface area contributed by atoms with E-state index in [1.165, 1.54) is 0 Å². The Morgan fingerprint density at radius 2 is 1.05 bits per heavy atom. The summed E-state index contributed by atoms with van der Waals surface area (Å²) in [6.07, 6.45) is 7.02. The maximum Gasteiger partial charge on any atom is 0.0922 e. The zero-order valence-corrected chi connectivity index (χ0v) is 26.7. The van der Waals surface area contributed by atoms with Crippen molar-refractivity contribution in [2.24, 2.45) is 0 Å². The molecule has 6 rings (SSSR count). The van der Waals surface area contributed by atoms with Gasteiger partial charge < -0.3 is 19.8 Å². The van der Waals surface area contributed by atoms with Crippen LogP contribution in [0.25, 0.3) is 0 Å². The van der Waals surface area contributed by atoms with E-state index in [2.05, 4.69) is 35.8 Å². The molecule has 0 saturated carbocycles. The molecule has 0 amide bonds. The van der Waals surface area contributed by atoms with Gasteiger partial charge in [0.05, 0.1) is 37.1 Å². The van der Waals surface area contributed by atoms with Gasteiger partial charge in [0.2, 0.25) is 0 Å². The highest BCUT2D eigenvalue weighted by Gasteiger charge is 2.12. The Bertz CT molecular complexity index is 1740. The summed E-state index contributed by atoms with van der Waals surface area (Å²) in [6, 6.07) is 31.4. The summed E-state index contributed by atoms with van der Waals surface area (Å²) in [6.45, 7) is 2.84. The van der Waals surface area contributed by atoms with E-state index in [0.29, 0.717) is 24.7 Å². The van der Waals surface area contributed by atoms with Gasteiger partial charge in [0, 0.05) is 56.9 Å². The summed E-state index contributed by atoms with van der Waals surface area (Å²) >= 11 is 24.6. The lowest BCUT2D eigenvalue weighted by Gasteiger charge is -2.25. The lowest BCUT2D eigenvalue weighted by atomic mass is 10.2. The van der Waals surface area contributed by atoms with Crippen LogP contribution in [0.3, 0.4) is 0 Å². The standard InChI is InChI=1S/2C17H15Cl2N3/c18-14-4-1-3-13(7-14)10-22(11-16-9-20-12-21-16)17-6-2-5-15(19)8-17;18-14-5-3-6-16(8-14)22(11-15-9-20-12-21-15)10-13-4-1-2-7-17(13)19/h2*1-9,12H,10-11H2,(H,20,21). The first kappa shape index (κ1) is 31.5. The third-order valence-electron chi connectivity index (χ3n) is 6.76. The number of aromatic amines is 2. The molecule has 0 aliphatic rings. The average molecular weight is 664 g/mol. The Morgan fingerprint density at radius 3 is 1.55 bits per heavy atom. The second-order valence-electron chi connectivity index (χ2n) is 10.0. The highest BCUT2D eigenvalue weighted by molar-refractivity contribution is 6.32. The minimum Gasteiger partial charge on any atom is -0.361 e. The number of rotatable bonds is 10. The quantitative estimate of drug-likeness (QED) is 0.153. The van der Waals surface area contributed by atoms with E-state index < -0.39 is 0 Å². The molecular formula is C34H30Cl4N6. The predicted molar refractivity (Wildman–Crippen MR) is 183 cm³/mol. The van der Waals surface area contributed by atoms with Crippen LogP contribution in [0.4, 0.5) is 11.4 Å². The fourth-order valence-electron chi connectivity index (χ4n) is 4.66. The molecule has 2 N–H and O–H groups in total.